The monoisotopic (exact) mass is 310 g/mol. The van der Waals surface area contributed by atoms with Crippen molar-refractivity contribution in [3.63, 3.8) is 0 Å². The lowest BCUT2D eigenvalue weighted by Crippen LogP contribution is -2.01. The van der Waals surface area contributed by atoms with Gasteiger partial charge in [0.1, 0.15) is 5.01 Å². The topological polar surface area (TPSA) is 38.9 Å². The molecule has 0 aliphatic rings. The second-order valence-electron chi connectivity index (χ2n) is 4.28. The molecule has 0 fully saturated rings. The van der Waals surface area contributed by atoms with Crippen molar-refractivity contribution < 1.29 is 0 Å². The predicted molar refractivity (Wildman–Crippen MR) is 77.3 cm³/mol. The zero-order chi connectivity index (χ0) is 12.6. The molecular weight excluding hydrogens is 296 g/mol. The third-order valence-electron chi connectivity index (χ3n) is 2.66. The minimum absolute atomic E-state index is 0.0545. The van der Waals surface area contributed by atoms with Crippen molar-refractivity contribution in [1.29, 1.82) is 0 Å². The number of halogens is 1. The van der Waals surface area contributed by atoms with Crippen molar-refractivity contribution in [3.8, 4) is 10.6 Å². The Balaban J connectivity index is 2.46. The number of nitrogens with zero attached hydrogens (tertiary/aromatic N) is 1. The van der Waals surface area contributed by atoms with Crippen molar-refractivity contribution in [2.45, 2.75) is 26.8 Å². The summed E-state index contributed by atoms with van der Waals surface area (Å²) in [4.78, 5) is 5.57. The number of thiazole rings is 1. The van der Waals surface area contributed by atoms with Gasteiger partial charge < -0.3 is 5.73 Å². The molecule has 0 aliphatic carbocycles. The van der Waals surface area contributed by atoms with Crippen LogP contribution in [0.15, 0.2) is 22.8 Å². The second-order valence-corrected chi connectivity index (χ2v) is 6.14. The van der Waals surface area contributed by atoms with E-state index in [0.29, 0.717) is 0 Å². The van der Waals surface area contributed by atoms with Gasteiger partial charge in [-0.25, -0.2) is 4.98 Å². The van der Waals surface area contributed by atoms with Gasteiger partial charge in [-0.3, -0.25) is 0 Å². The summed E-state index contributed by atoms with van der Waals surface area (Å²) >= 11 is 5.24. The van der Waals surface area contributed by atoms with Crippen molar-refractivity contribution in [2.24, 2.45) is 5.73 Å². The highest BCUT2D eigenvalue weighted by atomic mass is 79.9. The maximum Gasteiger partial charge on any atom is 0.123 e. The van der Waals surface area contributed by atoms with E-state index < -0.39 is 0 Å². The zero-order valence-corrected chi connectivity index (χ0v) is 12.5. The van der Waals surface area contributed by atoms with Crippen molar-refractivity contribution >= 4 is 27.3 Å². The smallest absolute Gasteiger partial charge is 0.123 e. The minimum atomic E-state index is 0.0545. The van der Waals surface area contributed by atoms with Gasteiger partial charge in [0.25, 0.3) is 0 Å². The molecule has 2 N–H and O–H groups in total. The molecule has 0 amide bonds. The van der Waals surface area contributed by atoms with E-state index in [0.717, 1.165) is 9.88 Å². The number of rotatable bonds is 2. The Morgan fingerprint density at radius 2 is 1.88 bits per heavy atom. The molecule has 17 heavy (non-hydrogen) atoms. The molecule has 2 nitrogen and oxygen atoms in total. The molecular formula is C13H15BrN2S. The Bertz CT molecular complexity index is 523. The Morgan fingerprint density at radius 3 is 2.35 bits per heavy atom. The first-order valence-electron chi connectivity index (χ1n) is 5.47. The van der Waals surface area contributed by atoms with E-state index >= 15 is 0 Å². The van der Waals surface area contributed by atoms with Crippen LogP contribution in [0.5, 0.6) is 0 Å². The predicted octanol–water partition coefficient (Wildman–Crippen LogP) is 4.21. The van der Waals surface area contributed by atoms with Crippen LogP contribution >= 0.6 is 27.3 Å². The summed E-state index contributed by atoms with van der Waals surface area (Å²) in [5.74, 6) is 0. The lowest BCUT2D eigenvalue weighted by atomic mass is 10.1. The molecule has 2 aromatic rings. The van der Waals surface area contributed by atoms with Crippen LogP contribution in [0, 0.1) is 13.8 Å². The second kappa shape index (κ2) is 4.88. The highest BCUT2D eigenvalue weighted by Crippen LogP contribution is 2.32. The summed E-state index contributed by atoms with van der Waals surface area (Å²) in [7, 11) is 0. The number of aryl methyl sites for hydroxylation is 2. The van der Waals surface area contributed by atoms with Gasteiger partial charge in [-0.15, -0.1) is 11.3 Å². The molecule has 1 aromatic carbocycles. The highest BCUT2D eigenvalue weighted by molar-refractivity contribution is 9.10. The van der Waals surface area contributed by atoms with Gasteiger partial charge in [-0.05, 0) is 44.0 Å². The maximum atomic E-state index is 5.85. The van der Waals surface area contributed by atoms with Gasteiger partial charge in [0, 0.05) is 27.2 Å². The number of benzene rings is 1. The van der Waals surface area contributed by atoms with E-state index in [2.05, 4.69) is 46.9 Å². The van der Waals surface area contributed by atoms with Crippen molar-refractivity contribution in [3.05, 3.63) is 38.8 Å². The molecule has 0 radical (unpaired) electrons. The van der Waals surface area contributed by atoms with Crippen LogP contribution in [-0.2, 0) is 0 Å². The Labute approximate surface area is 114 Å². The summed E-state index contributed by atoms with van der Waals surface area (Å²) in [6.45, 7) is 6.18. The van der Waals surface area contributed by atoms with Gasteiger partial charge in [0.2, 0.25) is 0 Å². The average molecular weight is 311 g/mol. The van der Waals surface area contributed by atoms with Gasteiger partial charge in [-0.1, -0.05) is 15.9 Å². The lowest BCUT2D eigenvalue weighted by molar-refractivity contribution is 0.835. The molecule has 4 heteroatoms. The SMILES string of the molecule is Cc1cc(-c2ncc(C(C)N)s2)cc(C)c1Br. The van der Waals surface area contributed by atoms with Crippen LogP contribution in [-0.4, -0.2) is 4.98 Å². The maximum absolute atomic E-state index is 5.85. The van der Waals surface area contributed by atoms with E-state index in [1.165, 1.54) is 21.2 Å². The van der Waals surface area contributed by atoms with Gasteiger partial charge in [0.15, 0.2) is 0 Å². The van der Waals surface area contributed by atoms with Gasteiger partial charge in [0.05, 0.1) is 0 Å². The summed E-state index contributed by atoms with van der Waals surface area (Å²) in [5, 5.41) is 1.04. The van der Waals surface area contributed by atoms with E-state index in [1.807, 2.05) is 13.1 Å². The Kier molecular flexibility index (Phi) is 3.66. The molecule has 1 unspecified atom stereocenters. The number of hydrogen-bond donors (Lipinski definition) is 1. The summed E-state index contributed by atoms with van der Waals surface area (Å²) in [5.41, 5.74) is 9.49. The van der Waals surface area contributed by atoms with Crippen molar-refractivity contribution in [1.82, 2.24) is 4.98 Å². The van der Waals surface area contributed by atoms with Gasteiger partial charge in [-0.2, -0.15) is 0 Å². The molecule has 90 valence electrons. The fourth-order valence-electron chi connectivity index (χ4n) is 1.70. The molecule has 0 bridgehead atoms. The molecule has 0 saturated carbocycles. The van der Waals surface area contributed by atoms with E-state index in [1.54, 1.807) is 11.3 Å². The normalized spacial score (nSPS) is 12.8. The number of aromatic nitrogens is 1. The first-order valence-corrected chi connectivity index (χ1v) is 7.08. The van der Waals surface area contributed by atoms with Crippen LogP contribution in [0.3, 0.4) is 0 Å². The molecule has 0 spiro atoms. The summed E-state index contributed by atoms with van der Waals surface area (Å²) in [6.07, 6.45) is 1.87. The third kappa shape index (κ3) is 2.59. The molecule has 1 atom stereocenters. The summed E-state index contributed by atoms with van der Waals surface area (Å²) in [6, 6.07) is 4.36. The molecule has 2 rings (SSSR count). The van der Waals surface area contributed by atoms with Crippen LogP contribution in [0.25, 0.3) is 10.6 Å². The quantitative estimate of drug-likeness (QED) is 0.902. The minimum Gasteiger partial charge on any atom is -0.323 e. The number of nitrogens with two attached hydrogens (primary N) is 1. The Hall–Kier alpha value is -0.710. The molecule has 1 aromatic heterocycles. The van der Waals surface area contributed by atoms with Crippen molar-refractivity contribution in [2.75, 3.05) is 0 Å². The van der Waals surface area contributed by atoms with E-state index in [4.69, 9.17) is 5.73 Å². The van der Waals surface area contributed by atoms with E-state index in [-0.39, 0.29) is 6.04 Å². The van der Waals surface area contributed by atoms with Crippen LogP contribution in [0.2, 0.25) is 0 Å². The molecule has 0 saturated heterocycles. The number of hydrogen-bond acceptors (Lipinski definition) is 3. The molecule has 1 heterocycles. The van der Waals surface area contributed by atoms with Crippen LogP contribution in [0.4, 0.5) is 0 Å². The van der Waals surface area contributed by atoms with Crippen LogP contribution < -0.4 is 5.73 Å². The molecule has 0 aliphatic heterocycles. The third-order valence-corrected chi connectivity index (χ3v) is 5.15. The summed E-state index contributed by atoms with van der Waals surface area (Å²) < 4.78 is 1.17. The fourth-order valence-corrected chi connectivity index (χ4v) is 2.78. The van der Waals surface area contributed by atoms with E-state index in [9.17, 15) is 0 Å². The standard InChI is InChI=1S/C13H15BrN2S/c1-7-4-10(5-8(2)12(7)14)13-16-6-11(17-13)9(3)15/h4-6,9H,15H2,1-3H3. The van der Waals surface area contributed by atoms with Gasteiger partial charge >= 0.3 is 0 Å². The van der Waals surface area contributed by atoms with Crippen LogP contribution in [0.1, 0.15) is 29.0 Å². The average Bonchev–Trinajstić information content (AvgIpc) is 2.74. The first kappa shape index (κ1) is 12.7. The Morgan fingerprint density at radius 1 is 1.29 bits per heavy atom. The zero-order valence-electron chi connectivity index (χ0n) is 10.1. The highest BCUT2D eigenvalue weighted by Gasteiger charge is 2.10. The first-order chi connectivity index (χ1) is 7.99. The largest absolute Gasteiger partial charge is 0.323 e. The fraction of sp³-hybridized carbons (Fsp3) is 0.308. The lowest BCUT2D eigenvalue weighted by Gasteiger charge is -2.05.